The first-order chi connectivity index (χ1) is 15.0. The number of hydrogen-bond donors (Lipinski definition) is 3. The Hall–Kier alpha value is -3.02. The molecule has 1 aliphatic rings. The summed E-state index contributed by atoms with van der Waals surface area (Å²) in [7, 11) is 0. The summed E-state index contributed by atoms with van der Waals surface area (Å²) in [4.78, 5) is 24.9. The van der Waals surface area contributed by atoms with Crippen molar-refractivity contribution in [2.45, 2.75) is 64.5 Å². The minimum absolute atomic E-state index is 0.0826. The lowest BCUT2D eigenvalue weighted by atomic mass is 9.95. The van der Waals surface area contributed by atoms with Gasteiger partial charge in [-0.05, 0) is 68.7 Å². The van der Waals surface area contributed by atoms with Crippen LogP contribution in [-0.2, 0) is 4.79 Å². The van der Waals surface area contributed by atoms with Crippen LogP contribution in [0.5, 0.6) is 5.75 Å². The summed E-state index contributed by atoms with van der Waals surface area (Å²) >= 11 is 0. The van der Waals surface area contributed by atoms with E-state index in [2.05, 4.69) is 22.9 Å². The van der Waals surface area contributed by atoms with Crippen molar-refractivity contribution in [3.8, 4) is 5.75 Å². The van der Waals surface area contributed by atoms with E-state index in [-0.39, 0.29) is 30.5 Å². The van der Waals surface area contributed by atoms with Gasteiger partial charge in [-0.2, -0.15) is 0 Å². The molecule has 1 saturated carbocycles. The van der Waals surface area contributed by atoms with Crippen LogP contribution in [0.15, 0.2) is 48.5 Å². The van der Waals surface area contributed by atoms with Crippen LogP contribution < -0.4 is 20.7 Å². The third-order valence-corrected chi connectivity index (χ3v) is 5.57. The molecular formula is C25H33N3O3. The van der Waals surface area contributed by atoms with Crippen molar-refractivity contribution in [1.29, 1.82) is 0 Å². The van der Waals surface area contributed by atoms with Crippen LogP contribution in [0.25, 0.3) is 0 Å². The van der Waals surface area contributed by atoms with Crippen LogP contribution in [0.3, 0.4) is 0 Å². The Bertz CT molecular complexity index is 861. The second kappa shape index (κ2) is 11.4. The molecule has 1 unspecified atom stereocenters. The van der Waals surface area contributed by atoms with Gasteiger partial charge in [0, 0.05) is 23.0 Å². The Morgan fingerprint density at radius 2 is 1.77 bits per heavy atom. The zero-order chi connectivity index (χ0) is 22.1. The molecule has 0 spiro atoms. The van der Waals surface area contributed by atoms with Gasteiger partial charge in [-0.3, -0.25) is 9.59 Å². The van der Waals surface area contributed by atoms with Gasteiger partial charge >= 0.3 is 0 Å². The molecule has 0 aromatic heterocycles. The van der Waals surface area contributed by atoms with Crippen LogP contribution in [0.2, 0.25) is 0 Å². The fourth-order valence-corrected chi connectivity index (χ4v) is 3.61. The van der Waals surface area contributed by atoms with Gasteiger partial charge < -0.3 is 20.7 Å². The molecule has 31 heavy (non-hydrogen) atoms. The van der Waals surface area contributed by atoms with E-state index >= 15 is 0 Å². The van der Waals surface area contributed by atoms with Crippen molar-refractivity contribution in [2.24, 2.45) is 0 Å². The van der Waals surface area contributed by atoms with E-state index in [4.69, 9.17) is 4.74 Å². The van der Waals surface area contributed by atoms with Crippen LogP contribution >= 0.6 is 0 Å². The highest BCUT2D eigenvalue weighted by Crippen LogP contribution is 2.19. The molecule has 0 radical (unpaired) electrons. The topological polar surface area (TPSA) is 79.5 Å². The van der Waals surface area contributed by atoms with Gasteiger partial charge in [0.15, 0.2) is 0 Å². The Morgan fingerprint density at radius 3 is 2.48 bits per heavy atom. The second-order valence-electron chi connectivity index (χ2n) is 8.15. The molecule has 3 rings (SSSR count). The predicted octanol–water partition coefficient (Wildman–Crippen LogP) is 4.98. The van der Waals surface area contributed by atoms with Crippen molar-refractivity contribution in [2.75, 3.05) is 17.2 Å². The highest BCUT2D eigenvalue weighted by atomic mass is 16.5. The lowest BCUT2D eigenvalue weighted by Crippen LogP contribution is -2.36. The van der Waals surface area contributed by atoms with Crippen molar-refractivity contribution in [1.82, 2.24) is 5.32 Å². The molecule has 1 aliphatic carbocycles. The molecular weight excluding hydrogens is 390 g/mol. The zero-order valence-corrected chi connectivity index (χ0v) is 18.4. The average Bonchev–Trinajstić information content (AvgIpc) is 2.79. The maximum atomic E-state index is 12.5. The molecule has 1 fully saturated rings. The van der Waals surface area contributed by atoms with Crippen LogP contribution in [0.4, 0.5) is 11.4 Å². The molecule has 0 saturated heterocycles. The summed E-state index contributed by atoms with van der Waals surface area (Å²) in [5, 5.41) is 9.06. The van der Waals surface area contributed by atoms with Gasteiger partial charge in [0.05, 0.1) is 12.6 Å². The number of carbonyl (C=O) groups excluding carboxylic acids is 2. The largest absolute Gasteiger partial charge is 0.491 e. The van der Waals surface area contributed by atoms with E-state index in [0.717, 1.165) is 30.7 Å². The molecule has 166 valence electrons. The van der Waals surface area contributed by atoms with Crippen LogP contribution in [-0.4, -0.2) is 30.5 Å². The Kier molecular flexibility index (Phi) is 8.33. The summed E-state index contributed by atoms with van der Waals surface area (Å²) in [6, 6.07) is 14.9. The third-order valence-electron chi connectivity index (χ3n) is 5.57. The Morgan fingerprint density at radius 1 is 1.03 bits per heavy atom. The molecule has 2 amide bonds. The number of anilines is 2. The first-order valence-electron chi connectivity index (χ1n) is 11.2. The minimum Gasteiger partial charge on any atom is -0.491 e. The first kappa shape index (κ1) is 22.7. The van der Waals surface area contributed by atoms with E-state index in [0.29, 0.717) is 11.3 Å². The predicted molar refractivity (Wildman–Crippen MR) is 125 cm³/mol. The first-order valence-corrected chi connectivity index (χ1v) is 11.2. The fourth-order valence-electron chi connectivity index (χ4n) is 3.61. The summed E-state index contributed by atoms with van der Waals surface area (Å²) in [5.41, 5.74) is 2.01. The van der Waals surface area contributed by atoms with Crippen molar-refractivity contribution >= 4 is 23.2 Å². The molecule has 0 aliphatic heterocycles. The second-order valence-corrected chi connectivity index (χ2v) is 8.15. The summed E-state index contributed by atoms with van der Waals surface area (Å²) < 4.78 is 5.76. The maximum absolute atomic E-state index is 12.5. The molecule has 6 heteroatoms. The number of amides is 2. The van der Waals surface area contributed by atoms with Gasteiger partial charge in [-0.25, -0.2) is 0 Å². The standard InChI is InChI=1S/C25H33N3O3/c1-3-18(2)31-23-14-12-20(13-15-23)26-17-24(29)27-22-11-7-8-19(16-22)25(30)28-21-9-5-4-6-10-21/h7-8,11-16,18,21,26H,3-6,9-10,17H2,1-2H3,(H,27,29)(H,28,30). The quantitative estimate of drug-likeness (QED) is 0.532. The molecule has 2 aromatic carbocycles. The number of hydrogen-bond acceptors (Lipinski definition) is 4. The molecule has 6 nitrogen and oxygen atoms in total. The van der Waals surface area contributed by atoms with E-state index in [9.17, 15) is 9.59 Å². The van der Waals surface area contributed by atoms with Gasteiger partial charge in [0.1, 0.15) is 5.75 Å². The fraction of sp³-hybridized carbons (Fsp3) is 0.440. The highest BCUT2D eigenvalue weighted by Gasteiger charge is 2.17. The Balaban J connectivity index is 1.48. The van der Waals surface area contributed by atoms with E-state index in [1.165, 1.54) is 19.3 Å². The highest BCUT2D eigenvalue weighted by molar-refractivity contribution is 5.98. The normalized spacial score (nSPS) is 15.0. The molecule has 2 aromatic rings. The SMILES string of the molecule is CCC(C)Oc1ccc(NCC(=O)Nc2cccc(C(=O)NC3CCCCC3)c2)cc1. The van der Waals surface area contributed by atoms with Gasteiger partial charge in [-0.15, -0.1) is 0 Å². The van der Waals surface area contributed by atoms with Crippen molar-refractivity contribution < 1.29 is 14.3 Å². The van der Waals surface area contributed by atoms with Crippen molar-refractivity contribution in [3.63, 3.8) is 0 Å². The summed E-state index contributed by atoms with van der Waals surface area (Å²) in [6.45, 7) is 4.24. The molecule has 1 atom stereocenters. The zero-order valence-electron chi connectivity index (χ0n) is 18.4. The molecule has 3 N–H and O–H groups in total. The monoisotopic (exact) mass is 423 g/mol. The van der Waals surface area contributed by atoms with Gasteiger partial charge in [-0.1, -0.05) is 32.3 Å². The number of ether oxygens (including phenoxy) is 1. The smallest absolute Gasteiger partial charge is 0.251 e. The summed E-state index contributed by atoms with van der Waals surface area (Å²) in [5.74, 6) is 0.554. The molecule has 0 heterocycles. The van der Waals surface area contributed by atoms with Crippen LogP contribution in [0, 0.1) is 0 Å². The van der Waals surface area contributed by atoms with E-state index < -0.39 is 0 Å². The third kappa shape index (κ3) is 7.31. The number of rotatable bonds is 9. The lowest BCUT2D eigenvalue weighted by molar-refractivity contribution is -0.114. The van der Waals surface area contributed by atoms with Crippen molar-refractivity contribution in [3.05, 3.63) is 54.1 Å². The van der Waals surface area contributed by atoms with Crippen LogP contribution in [0.1, 0.15) is 62.7 Å². The van der Waals surface area contributed by atoms with E-state index in [1.54, 1.807) is 24.3 Å². The lowest BCUT2D eigenvalue weighted by Gasteiger charge is -2.22. The number of carbonyl (C=O) groups is 2. The van der Waals surface area contributed by atoms with E-state index in [1.807, 2.05) is 31.2 Å². The Labute approximate surface area is 184 Å². The van der Waals surface area contributed by atoms with Gasteiger partial charge in [0.2, 0.25) is 5.91 Å². The maximum Gasteiger partial charge on any atom is 0.251 e. The number of nitrogens with one attached hydrogen (secondary N) is 3. The average molecular weight is 424 g/mol. The number of benzene rings is 2. The minimum atomic E-state index is -0.176. The molecule has 0 bridgehead atoms. The van der Waals surface area contributed by atoms with Gasteiger partial charge in [0.25, 0.3) is 5.91 Å². The summed E-state index contributed by atoms with van der Waals surface area (Å²) in [6.07, 6.45) is 6.78.